The Hall–Kier alpha value is -2.95. The summed E-state index contributed by atoms with van der Waals surface area (Å²) in [6.07, 6.45) is 2.54. The highest BCUT2D eigenvalue weighted by molar-refractivity contribution is 7.89. The maximum absolute atomic E-state index is 13.3. The fourth-order valence-electron chi connectivity index (χ4n) is 5.40. The Morgan fingerprint density at radius 1 is 0.952 bits per heavy atom. The van der Waals surface area contributed by atoms with Gasteiger partial charge in [-0.25, -0.2) is 8.42 Å². The first-order valence-corrected chi connectivity index (χ1v) is 16.4. The number of aryl methyl sites for hydroxylation is 2. The third kappa shape index (κ3) is 7.90. The number of piperidine rings is 1. The number of ether oxygens (including phenoxy) is 1. The van der Waals surface area contributed by atoms with Crippen LogP contribution >= 0.6 is 0 Å². The lowest BCUT2D eigenvalue weighted by molar-refractivity contribution is -0.130. The summed E-state index contributed by atoms with van der Waals surface area (Å²) in [7, 11) is -1.65. The molecule has 1 N–H and O–H groups in total. The SMILES string of the molecule is Cc1ccc(C)c(OCCCC(C)(C)C(=O)NC2CCN(S(=O)(=O)c3ccc(C(=O)N4CCN(C)CC4)cc3)CC2)c1. The van der Waals surface area contributed by atoms with Gasteiger partial charge in [0.15, 0.2) is 0 Å². The molecular weight excluding hydrogens is 552 g/mol. The fraction of sp³-hybridized carbons (Fsp3) is 0.562. The summed E-state index contributed by atoms with van der Waals surface area (Å²) in [4.78, 5) is 30.1. The summed E-state index contributed by atoms with van der Waals surface area (Å²) < 4.78 is 34.1. The summed E-state index contributed by atoms with van der Waals surface area (Å²) in [5.41, 5.74) is 2.19. The third-order valence-corrected chi connectivity index (χ3v) is 10.4. The zero-order valence-corrected chi connectivity index (χ0v) is 26.5. The lowest BCUT2D eigenvalue weighted by Gasteiger charge is -2.34. The maximum atomic E-state index is 13.3. The summed E-state index contributed by atoms with van der Waals surface area (Å²) in [6.45, 7) is 12.1. The van der Waals surface area contributed by atoms with Gasteiger partial charge >= 0.3 is 0 Å². The molecule has 2 aliphatic rings. The predicted molar refractivity (Wildman–Crippen MR) is 164 cm³/mol. The first-order chi connectivity index (χ1) is 19.9. The Balaban J connectivity index is 1.23. The average molecular weight is 599 g/mol. The highest BCUT2D eigenvalue weighted by Crippen LogP contribution is 2.26. The molecule has 230 valence electrons. The Labute approximate surface area is 251 Å². The zero-order valence-electron chi connectivity index (χ0n) is 25.7. The van der Waals surface area contributed by atoms with Gasteiger partial charge in [-0.2, -0.15) is 4.31 Å². The van der Waals surface area contributed by atoms with Crippen molar-refractivity contribution in [1.29, 1.82) is 0 Å². The molecule has 2 amide bonds. The van der Waals surface area contributed by atoms with Gasteiger partial charge in [-0.05, 0) is 88.0 Å². The zero-order chi connectivity index (χ0) is 30.5. The van der Waals surface area contributed by atoms with Gasteiger partial charge in [0.05, 0.1) is 11.5 Å². The van der Waals surface area contributed by atoms with E-state index in [0.29, 0.717) is 57.6 Å². The molecule has 0 atom stereocenters. The van der Waals surface area contributed by atoms with Crippen LogP contribution in [0.25, 0.3) is 0 Å². The summed E-state index contributed by atoms with van der Waals surface area (Å²) in [5, 5.41) is 3.15. The van der Waals surface area contributed by atoms with E-state index in [2.05, 4.69) is 16.3 Å². The number of sulfonamides is 1. The number of hydrogen-bond donors (Lipinski definition) is 1. The molecule has 2 aromatic carbocycles. The van der Waals surface area contributed by atoms with Crippen LogP contribution in [0.5, 0.6) is 5.75 Å². The molecule has 9 nitrogen and oxygen atoms in total. The van der Waals surface area contributed by atoms with E-state index in [1.165, 1.54) is 16.4 Å². The lowest BCUT2D eigenvalue weighted by atomic mass is 9.86. The number of amides is 2. The second-order valence-electron chi connectivity index (χ2n) is 12.4. The Bertz CT molecular complexity index is 1340. The van der Waals surface area contributed by atoms with Gasteiger partial charge in [0, 0.05) is 56.3 Å². The van der Waals surface area contributed by atoms with E-state index in [-0.39, 0.29) is 22.8 Å². The predicted octanol–water partition coefficient (Wildman–Crippen LogP) is 3.85. The molecule has 0 bridgehead atoms. The quantitative estimate of drug-likeness (QED) is 0.418. The average Bonchev–Trinajstić information content (AvgIpc) is 2.97. The van der Waals surface area contributed by atoms with Crippen LogP contribution in [0, 0.1) is 19.3 Å². The number of nitrogens with one attached hydrogen (secondary N) is 1. The number of carbonyl (C=O) groups is 2. The molecular formula is C32H46N4O5S. The molecule has 42 heavy (non-hydrogen) atoms. The Morgan fingerprint density at radius 2 is 1.60 bits per heavy atom. The number of benzene rings is 2. The molecule has 0 aliphatic carbocycles. The molecule has 0 unspecified atom stereocenters. The van der Waals surface area contributed by atoms with Crippen molar-refractivity contribution in [2.45, 2.75) is 64.3 Å². The van der Waals surface area contributed by atoms with E-state index >= 15 is 0 Å². The summed E-state index contributed by atoms with van der Waals surface area (Å²) in [6, 6.07) is 12.3. The van der Waals surface area contributed by atoms with Crippen molar-refractivity contribution in [1.82, 2.24) is 19.4 Å². The largest absolute Gasteiger partial charge is 0.493 e. The van der Waals surface area contributed by atoms with Gasteiger partial charge in [-0.1, -0.05) is 26.0 Å². The highest BCUT2D eigenvalue weighted by Gasteiger charge is 2.33. The third-order valence-electron chi connectivity index (χ3n) is 8.48. The minimum atomic E-state index is -3.69. The van der Waals surface area contributed by atoms with Crippen molar-refractivity contribution < 1.29 is 22.7 Å². The van der Waals surface area contributed by atoms with E-state index in [1.807, 2.05) is 51.8 Å². The van der Waals surface area contributed by atoms with Crippen LogP contribution in [0.1, 0.15) is 61.0 Å². The minimum Gasteiger partial charge on any atom is -0.493 e. The molecule has 0 spiro atoms. The number of hydrogen-bond acceptors (Lipinski definition) is 6. The van der Waals surface area contributed by atoms with Crippen molar-refractivity contribution >= 4 is 21.8 Å². The van der Waals surface area contributed by atoms with E-state index in [4.69, 9.17) is 4.74 Å². The number of carbonyl (C=O) groups excluding carboxylic acids is 2. The van der Waals surface area contributed by atoms with Crippen molar-refractivity contribution in [3.8, 4) is 5.75 Å². The van der Waals surface area contributed by atoms with Crippen LogP contribution in [-0.4, -0.2) is 93.3 Å². The molecule has 2 aliphatic heterocycles. The van der Waals surface area contributed by atoms with E-state index in [9.17, 15) is 18.0 Å². The topological polar surface area (TPSA) is 99.3 Å². The number of nitrogens with zero attached hydrogens (tertiary/aromatic N) is 3. The van der Waals surface area contributed by atoms with Gasteiger partial charge in [0.25, 0.3) is 5.91 Å². The second kappa shape index (κ2) is 13.6. The molecule has 4 rings (SSSR count). The fourth-order valence-corrected chi connectivity index (χ4v) is 6.87. The first-order valence-electron chi connectivity index (χ1n) is 15.0. The number of likely N-dealkylation sites (N-methyl/N-ethyl adjacent to an activating group) is 1. The van der Waals surface area contributed by atoms with Gasteiger partial charge < -0.3 is 19.9 Å². The second-order valence-corrected chi connectivity index (χ2v) is 14.3. The van der Waals surface area contributed by atoms with Gasteiger partial charge in [0.1, 0.15) is 5.75 Å². The Morgan fingerprint density at radius 3 is 2.24 bits per heavy atom. The van der Waals surface area contributed by atoms with E-state index in [0.717, 1.165) is 36.4 Å². The van der Waals surface area contributed by atoms with Crippen molar-refractivity contribution in [3.05, 3.63) is 59.2 Å². The molecule has 2 aromatic rings. The summed E-state index contributed by atoms with van der Waals surface area (Å²) in [5.74, 6) is 0.797. The van der Waals surface area contributed by atoms with Gasteiger partial charge in [0.2, 0.25) is 15.9 Å². The normalized spacial score (nSPS) is 17.7. The molecule has 10 heteroatoms. The molecule has 0 aromatic heterocycles. The Kier molecular flexibility index (Phi) is 10.3. The van der Waals surface area contributed by atoms with Crippen LogP contribution in [0.3, 0.4) is 0 Å². The van der Waals surface area contributed by atoms with E-state index < -0.39 is 15.4 Å². The van der Waals surface area contributed by atoms with Crippen LogP contribution in [0.15, 0.2) is 47.4 Å². The van der Waals surface area contributed by atoms with Crippen LogP contribution in [0.4, 0.5) is 0 Å². The smallest absolute Gasteiger partial charge is 0.253 e. The molecule has 2 heterocycles. The molecule has 2 fully saturated rings. The van der Waals surface area contributed by atoms with Gasteiger partial charge in [-0.3, -0.25) is 9.59 Å². The van der Waals surface area contributed by atoms with E-state index in [1.54, 1.807) is 12.1 Å². The lowest BCUT2D eigenvalue weighted by Crippen LogP contribution is -2.49. The van der Waals surface area contributed by atoms with Crippen LogP contribution in [0.2, 0.25) is 0 Å². The van der Waals surface area contributed by atoms with Gasteiger partial charge in [-0.15, -0.1) is 0 Å². The number of piperazine rings is 1. The standard InChI is InChI=1S/C32H46N4O5S/c1-24-7-8-25(2)29(23-24)41-22-6-15-32(3,4)31(38)33-27-13-16-36(17-14-27)42(39,40)28-11-9-26(10-12-28)30(37)35-20-18-34(5)19-21-35/h7-12,23,27H,6,13-22H2,1-5H3,(H,33,38). The van der Waals surface area contributed by atoms with Crippen molar-refractivity contribution in [2.75, 3.05) is 52.9 Å². The van der Waals surface area contributed by atoms with Crippen LogP contribution < -0.4 is 10.1 Å². The first kappa shape index (κ1) is 32.0. The summed E-state index contributed by atoms with van der Waals surface area (Å²) >= 11 is 0. The maximum Gasteiger partial charge on any atom is 0.253 e. The highest BCUT2D eigenvalue weighted by atomic mass is 32.2. The monoisotopic (exact) mass is 598 g/mol. The number of rotatable bonds is 10. The van der Waals surface area contributed by atoms with Crippen LogP contribution in [-0.2, 0) is 14.8 Å². The van der Waals surface area contributed by atoms with Crippen molar-refractivity contribution in [2.24, 2.45) is 5.41 Å². The minimum absolute atomic E-state index is 0.0175. The molecule has 0 saturated carbocycles. The van der Waals surface area contributed by atoms with Crippen molar-refractivity contribution in [3.63, 3.8) is 0 Å². The molecule has 2 saturated heterocycles. The molecule has 0 radical (unpaired) electrons.